The summed E-state index contributed by atoms with van der Waals surface area (Å²) in [5, 5.41) is 0. The maximum absolute atomic E-state index is 12.4. The molecule has 2 heterocycles. The normalized spacial score (nSPS) is 29.2. The van der Waals surface area contributed by atoms with Gasteiger partial charge in [0.2, 0.25) is 0 Å². The van der Waals surface area contributed by atoms with E-state index in [1.54, 1.807) is 9.80 Å². The Balaban J connectivity index is 2.02. The second-order valence-electron chi connectivity index (χ2n) is 5.69. The molecule has 0 aromatic carbocycles. The molecule has 18 heavy (non-hydrogen) atoms. The summed E-state index contributed by atoms with van der Waals surface area (Å²) < 4.78 is 0. The molecule has 2 atom stereocenters. The van der Waals surface area contributed by atoms with Crippen LogP contribution in [0, 0.1) is 0 Å². The lowest BCUT2D eigenvalue weighted by molar-refractivity contribution is -0.156. The van der Waals surface area contributed by atoms with Crippen molar-refractivity contribution in [3.05, 3.63) is 0 Å². The monoisotopic (exact) mass is 252 g/mol. The number of likely N-dealkylation sites (tertiary alicyclic amines) is 2. The minimum Gasteiger partial charge on any atom is -0.334 e. The SMILES string of the molecule is CC1CCCC(C)N1C(=O)C(=O)N1CCCCC1. The van der Waals surface area contributed by atoms with Crippen LogP contribution < -0.4 is 0 Å². The summed E-state index contributed by atoms with van der Waals surface area (Å²) in [5.74, 6) is -0.563. The minimum absolute atomic E-state index is 0.204. The van der Waals surface area contributed by atoms with Crippen LogP contribution in [0.3, 0.4) is 0 Å². The van der Waals surface area contributed by atoms with Gasteiger partial charge >= 0.3 is 11.8 Å². The molecular weight excluding hydrogens is 228 g/mol. The Morgan fingerprint density at radius 3 is 1.94 bits per heavy atom. The van der Waals surface area contributed by atoms with Crippen LogP contribution in [0.15, 0.2) is 0 Å². The standard InChI is InChI=1S/C14H24N2O2/c1-11-7-6-8-12(2)16(11)14(18)13(17)15-9-4-3-5-10-15/h11-12H,3-10H2,1-2H3. The number of nitrogens with zero attached hydrogens (tertiary/aromatic N) is 2. The second kappa shape index (κ2) is 5.72. The predicted octanol–water partition coefficient (Wildman–Crippen LogP) is 1.79. The number of amides is 2. The fourth-order valence-electron chi connectivity index (χ4n) is 3.16. The van der Waals surface area contributed by atoms with Gasteiger partial charge in [0.1, 0.15) is 0 Å². The Hall–Kier alpha value is -1.06. The predicted molar refractivity (Wildman–Crippen MR) is 70.1 cm³/mol. The zero-order valence-corrected chi connectivity index (χ0v) is 11.5. The van der Waals surface area contributed by atoms with Gasteiger partial charge in [-0.1, -0.05) is 0 Å². The van der Waals surface area contributed by atoms with E-state index in [1.807, 2.05) is 0 Å². The van der Waals surface area contributed by atoms with Crippen molar-refractivity contribution in [2.24, 2.45) is 0 Å². The molecule has 102 valence electrons. The second-order valence-corrected chi connectivity index (χ2v) is 5.69. The lowest BCUT2D eigenvalue weighted by atomic mass is 9.97. The molecule has 2 unspecified atom stereocenters. The van der Waals surface area contributed by atoms with E-state index < -0.39 is 0 Å². The Bertz CT molecular complexity index is 314. The van der Waals surface area contributed by atoms with Crippen molar-refractivity contribution >= 4 is 11.8 Å². The van der Waals surface area contributed by atoms with E-state index in [-0.39, 0.29) is 23.9 Å². The van der Waals surface area contributed by atoms with E-state index >= 15 is 0 Å². The van der Waals surface area contributed by atoms with Crippen molar-refractivity contribution in [1.29, 1.82) is 0 Å². The quantitative estimate of drug-likeness (QED) is 0.617. The molecule has 2 rings (SSSR count). The average molecular weight is 252 g/mol. The van der Waals surface area contributed by atoms with Crippen LogP contribution in [0.2, 0.25) is 0 Å². The first-order chi connectivity index (χ1) is 8.61. The van der Waals surface area contributed by atoms with Crippen molar-refractivity contribution in [2.75, 3.05) is 13.1 Å². The highest BCUT2D eigenvalue weighted by molar-refractivity contribution is 6.35. The largest absolute Gasteiger partial charge is 0.334 e. The highest BCUT2D eigenvalue weighted by atomic mass is 16.2. The zero-order chi connectivity index (χ0) is 13.1. The summed E-state index contributed by atoms with van der Waals surface area (Å²) in [4.78, 5) is 28.1. The molecule has 2 saturated heterocycles. The van der Waals surface area contributed by atoms with Crippen LogP contribution in [0.25, 0.3) is 0 Å². The Morgan fingerprint density at radius 1 is 0.833 bits per heavy atom. The molecule has 0 aromatic heterocycles. The summed E-state index contributed by atoms with van der Waals surface area (Å²) >= 11 is 0. The summed E-state index contributed by atoms with van der Waals surface area (Å²) in [7, 11) is 0. The molecule has 0 radical (unpaired) electrons. The lowest BCUT2D eigenvalue weighted by Crippen LogP contribution is -2.54. The van der Waals surface area contributed by atoms with E-state index in [4.69, 9.17) is 0 Å². The number of rotatable bonds is 0. The van der Waals surface area contributed by atoms with Gasteiger partial charge in [-0.15, -0.1) is 0 Å². The molecule has 0 aliphatic carbocycles. The first-order valence-electron chi connectivity index (χ1n) is 7.23. The van der Waals surface area contributed by atoms with Gasteiger partial charge < -0.3 is 9.80 Å². The van der Waals surface area contributed by atoms with Crippen molar-refractivity contribution < 1.29 is 9.59 Å². The molecule has 4 nitrogen and oxygen atoms in total. The summed E-state index contributed by atoms with van der Waals surface area (Å²) in [5.41, 5.74) is 0. The molecular formula is C14H24N2O2. The van der Waals surface area contributed by atoms with Crippen molar-refractivity contribution in [3.8, 4) is 0 Å². The van der Waals surface area contributed by atoms with Gasteiger partial charge in [0.15, 0.2) is 0 Å². The zero-order valence-electron chi connectivity index (χ0n) is 11.5. The van der Waals surface area contributed by atoms with Crippen LogP contribution in [-0.2, 0) is 9.59 Å². The van der Waals surface area contributed by atoms with Gasteiger partial charge in [0, 0.05) is 25.2 Å². The molecule has 0 N–H and O–H groups in total. The van der Waals surface area contributed by atoms with Crippen molar-refractivity contribution in [1.82, 2.24) is 9.80 Å². The van der Waals surface area contributed by atoms with Gasteiger partial charge in [-0.05, 0) is 52.4 Å². The van der Waals surface area contributed by atoms with Gasteiger partial charge in [0.05, 0.1) is 0 Å². The summed E-state index contributed by atoms with van der Waals surface area (Å²) in [6, 6.07) is 0.407. The fraction of sp³-hybridized carbons (Fsp3) is 0.857. The van der Waals surface area contributed by atoms with Crippen LogP contribution >= 0.6 is 0 Å². The Morgan fingerprint density at radius 2 is 1.39 bits per heavy atom. The molecule has 2 fully saturated rings. The van der Waals surface area contributed by atoms with E-state index in [9.17, 15) is 9.59 Å². The van der Waals surface area contributed by atoms with E-state index in [0.717, 1.165) is 45.2 Å². The number of hydrogen-bond acceptors (Lipinski definition) is 2. The highest BCUT2D eigenvalue weighted by Crippen LogP contribution is 2.23. The van der Waals surface area contributed by atoms with Crippen molar-refractivity contribution in [3.63, 3.8) is 0 Å². The molecule has 0 aromatic rings. The molecule has 2 aliphatic heterocycles. The number of carbonyl (C=O) groups excluding carboxylic acids is 2. The van der Waals surface area contributed by atoms with Crippen LogP contribution in [-0.4, -0.2) is 46.8 Å². The topological polar surface area (TPSA) is 40.6 Å². The fourth-order valence-corrected chi connectivity index (χ4v) is 3.16. The van der Waals surface area contributed by atoms with Gasteiger partial charge in [-0.3, -0.25) is 9.59 Å². The number of hydrogen-bond donors (Lipinski definition) is 0. The maximum atomic E-state index is 12.4. The number of carbonyl (C=O) groups is 2. The average Bonchev–Trinajstić information content (AvgIpc) is 2.38. The molecule has 0 spiro atoms. The highest BCUT2D eigenvalue weighted by Gasteiger charge is 2.35. The van der Waals surface area contributed by atoms with Gasteiger partial charge in [-0.2, -0.15) is 0 Å². The van der Waals surface area contributed by atoms with Crippen LogP contribution in [0.1, 0.15) is 52.4 Å². The third kappa shape index (κ3) is 2.68. The summed E-state index contributed by atoms with van der Waals surface area (Å²) in [6.45, 7) is 5.61. The van der Waals surface area contributed by atoms with Gasteiger partial charge in [0.25, 0.3) is 0 Å². The summed E-state index contributed by atoms with van der Waals surface area (Å²) in [6.07, 6.45) is 6.43. The minimum atomic E-state index is -0.282. The third-order valence-electron chi connectivity index (χ3n) is 4.25. The van der Waals surface area contributed by atoms with E-state index in [1.165, 1.54) is 6.42 Å². The molecule has 4 heteroatoms. The van der Waals surface area contributed by atoms with Crippen LogP contribution in [0.5, 0.6) is 0 Å². The molecule has 0 saturated carbocycles. The Labute approximate surface area is 109 Å². The van der Waals surface area contributed by atoms with Crippen LogP contribution in [0.4, 0.5) is 0 Å². The third-order valence-corrected chi connectivity index (χ3v) is 4.25. The smallest absolute Gasteiger partial charge is 0.312 e. The van der Waals surface area contributed by atoms with Crippen molar-refractivity contribution in [2.45, 2.75) is 64.5 Å². The van der Waals surface area contributed by atoms with E-state index in [0.29, 0.717) is 0 Å². The first kappa shape index (κ1) is 13.4. The Kier molecular flexibility index (Phi) is 4.25. The first-order valence-corrected chi connectivity index (χ1v) is 7.23. The number of piperidine rings is 2. The van der Waals surface area contributed by atoms with Gasteiger partial charge in [-0.25, -0.2) is 0 Å². The van der Waals surface area contributed by atoms with E-state index in [2.05, 4.69) is 13.8 Å². The molecule has 2 amide bonds. The maximum Gasteiger partial charge on any atom is 0.312 e. The molecule has 0 bridgehead atoms. The molecule has 2 aliphatic rings. The lowest BCUT2D eigenvalue weighted by Gasteiger charge is -2.39.